The Morgan fingerprint density at radius 3 is 2.89 bits per heavy atom. The first-order chi connectivity index (χ1) is 8.13. The number of anilines is 1. The molecule has 2 N–H and O–H groups in total. The van der Waals surface area contributed by atoms with Crippen LogP contribution in [-0.4, -0.2) is 29.3 Å². The van der Waals surface area contributed by atoms with Gasteiger partial charge < -0.3 is 10.6 Å². The summed E-state index contributed by atoms with van der Waals surface area (Å²) in [7, 11) is 3.74. The minimum Gasteiger partial charge on any atom is -0.319 e. The lowest BCUT2D eigenvalue weighted by Crippen LogP contribution is -2.29. The highest BCUT2D eigenvalue weighted by Gasteiger charge is 2.23. The van der Waals surface area contributed by atoms with Crippen molar-refractivity contribution in [2.75, 3.05) is 18.9 Å². The number of rotatable bonds is 4. The van der Waals surface area contributed by atoms with E-state index >= 15 is 0 Å². The summed E-state index contributed by atoms with van der Waals surface area (Å²) in [6, 6.07) is 0. The average Bonchev–Trinajstić information content (AvgIpc) is 2.82. The Bertz CT molecular complexity index is 430. The summed E-state index contributed by atoms with van der Waals surface area (Å²) >= 11 is 0. The lowest BCUT2D eigenvalue weighted by atomic mass is 10.1. The summed E-state index contributed by atoms with van der Waals surface area (Å²) in [5.41, 5.74) is 2.36. The second-order valence-corrected chi connectivity index (χ2v) is 4.70. The van der Waals surface area contributed by atoms with Crippen LogP contribution >= 0.6 is 12.4 Å². The first-order valence-electron chi connectivity index (χ1n) is 6.13. The van der Waals surface area contributed by atoms with Crippen molar-refractivity contribution in [3.05, 3.63) is 11.3 Å². The Balaban J connectivity index is 0.00000162. The predicted molar refractivity (Wildman–Crippen MR) is 74.2 cm³/mol. The van der Waals surface area contributed by atoms with E-state index in [-0.39, 0.29) is 24.2 Å². The van der Waals surface area contributed by atoms with Crippen LogP contribution < -0.4 is 10.6 Å². The van der Waals surface area contributed by atoms with Gasteiger partial charge in [0.25, 0.3) is 0 Å². The molecule has 0 aromatic carbocycles. The van der Waals surface area contributed by atoms with Gasteiger partial charge in [0, 0.05) is 25.1 Å². The van der Waals surface area contributed by atoms with Crippen molar-refractivity contribution in [1.82, 2.24) is 15.1 Å². The molecule has 6 heteroatoms. The van der Waals surface area contributed by atoms with Gasteiger partial charge in [-0.15, -0.1) is 12.4 Å². The lowest BCUT2D eigenvalue weighted by molar-refractivity contribution is -0.119. The van der Waals surface area contributed by atoms with E-state index in [2.05, 4.69) is 15.7 Å². The first kappa shape index (κ1) is 15.0. The number of nitrogens with zero attached hydrogens (tertiary/aromatic N) is 2. The highest BCUT2D eigenvalue weighted by molar-refractivity contribution is 5.92. The number of hydrogen-bond donors (Lipinski definition) is 2. The third kappa shape index (κ3) is 2.84. The molecule has 1 atom stereocenters. The van der Waals surface area contributed by atoms with Gasteiger partial charge in [0.05, 0.1) is 5.69 Å². The fraction of sp³-hybridized carbons (Fsp3) is 0.667. The molecule has 2 rings (SSSR count). The van der Waals surface area contributed by atoms with Crippen LogP contribution in [0.3, 0.4) is 0 Å². The van der Waals surface area contributed by atoms with Gasteiger partial charge in [-0.25, -0.2) is 0 Å². The second-order valence-electron chi connectivity index (χ2n) is 4.70. The number of carbonyl (C=O) groups excluding carboxylic acids is 1. The van der Waals surface area contributed by atoms with Gasteiger partial charge >= 0.3 is 0 Å². The largest absolute Gasteiger partial charge is 0.319 e. The fourth-order valence-corrected chi connectivity index (χ4v) is 2.31. The van der Waals surface area contributed by atoms with E-state index in [1.165, 1.54) is 5.56 Å². The highest BCUT2D eigenvalue weighted by Crippen LogP contribution is 2.28. The van der Waals surface area contributed by atoms with Crippen molar-refractivity contribution in [2.24, 2.45) is 13.0 Å². The van der Waals surface area contributed by atoms with Gasteiger partial charge in [0.2, 0.25) is 5.91 Å². The SMILES string of the molecule is CNCC(C)C(=O)Nc1c2c(nn1C)CCC2.Cl. The van der Waals surface area contributed by atoms with Crippen molar-refractivity contribution >= 4 is 24.1 Å². The van der Waals surface area contributed by atoms with Crippen molar-refractivity contribution < 1.29 is 4.79 Å². The number of carbonyl (C=O) groups is 1. The van der Waals surface area contributed by atoms with Crippen LogP contribution in [0, 0.1) is 5.92 Å². The Morgan fingerprint density at radius 1 is 1.50 bits per heavy atom. The van der Waals surface area contributed by atoms with Crippen LogP contribution in [0.25, 0.3) is 0 Å². The van der Waals surface area contributed by atoms with E-state index in [9.17, 15) is 4.79 Å². The smallest absolute Gasteiger partial charge is 0.229 e. The van der Waals surface area contributed by atoms with Crippen LogP contribution in [0.5, 0.6) is 0 Å². The summed E-state index contributed by atoms with van der Waals surface area (Å²) in [6.07, 6.45) is 3.21. The first-order valence-corrected chi connectivity index (χ1v) is 6.13. The molecule has 1 aromatic heterocycles. The molecule has 102 valence electrons. The zero-order valence-electron chi connectivity index (χ0n) is 11.1. The van der Waals surface area contributed by atoms with E-state index in [1.54, 1.807) is 4.68 Å². The number of amides is 1. The zero-order valence-corrected chi connectivity index (χ0v) is 11.9. The number of aromatic nitrogens is 2. The molecule has 1 unspecified atom stereocenters. The van der Waals surface area contributed by atoms with E-state index in [0.29, 0.717) is 6.54 Å². The van der Waals surface area contributed by atoms with Gasteiger partial charge in [-0.05, 0) is 26.3 Å². The summed E-state index contributed by atoms with van der Waals surface area (Å²) < 4.78 is 1.79. The van der Waals surface area contributed by atoms with Crippen LogP contribution in [-0.2, 0) is 24.7 Å². The monoisotopic (exact) mass is 272 g/mol. The molecule has 18 heavy (non-hydrogen) atoms. The summed E-state index contributed by atoms with van der Waals surface area (Å²) in [5, 5.41) is 10.4. The van der Waals surface area contributed by atoms with Crippen LogP contribution in [0.15, 0.2) is 0 Å². The lowest BCUT2D eigenvalue weighted by Gasteiger charge is -2.12. The molecular weight excluding hydrogens is 252 g/mol. The molecule has 0 radical (unpaired) electrons. The quantitative estimate of drug-likeness (QED) is 0.864. The summed E-state index contributed by atoms with van der Waals surface area (Å²) in [4.78, 5) is 12.0. The molecule has 5 nitrogen and oxygen atoms in total. The normalized spacial score (nSPS) is 14.8. The molecule has 0 bridgehead atoms. The molecule has 1 aromatic rings. The van der Waals surface area contributed by atoms with Gasteiger partial charge in [-0.2, -0.15) is 5.10 Å². The molecular formula is C12H21ClN4O. The van der Waals surface area contributed by atoms with Gasteiger partial charge in [0.15, 0.2) is 0 Å². The van der Waals surface area contributed by atoms with E-state index < -0.39 is 0 Å². The maximum Gasteiger partial charge on any atom is 0.229 e. The average molecular weight is 273 g/mol. The van der Waals surface area contributed by atoms with Crippen molar-refractivity contribution in [2.45, 2.75) is 26.2 Å². The Kier molecular flexibility index (Phi) is 5.16. The maximum atomic E-state index is 12.0. The molecule has 1 heterocycles. The van der Waals surface area contributed by atoms with Crippen molar-refractivity contribution in [3.8, 4) is 0 Å². The number of fused-ring (bicyclic) bond motifs is 1. The molecule has 0 fully saturated rings. The number of hydrogen-bond acceptors (Lipinski definition) is 3. The fourth-order valence-electron chi connectivity index (χ4n) is 2.31. The minimum atomic E-state index is -0.0352. The topological polar surface area (TPSA) is 59.0 Å². The van der Waals surface area contributed by atoms with Gasteiger partial charge in [-0.1, -0.05) is 6.92 Å². The van der Waals surface area contributed by atoms with Crippen molar-refractivity contribution in [3.63, 3.8) is 0 Å². The summed E-state index contributed by atoms with van der Waals surface area (Å²) in [6.45, 7) is 2.61. The molecule has 0 aliphatic heterocycles. The molecule has 1 aliphatic carbocycles. The van der Waals surface area contributed by atoms with Crippen LogP contribution in [0.2, 0.25) is 0 Å². The molecule has 0 saturated carbocycles. The number of nitrogens with one attached hydrogen (secondary N) is 2. The highest BCUT2D eigenvalue weighted by atomic mass is 35.5. The van der Waals surface area contributed by atoms with E-state index in [4.69, 9.17) is 0 Å². The van der Waals surface area contributed by atoms with E-state index in [0.717, 1.165) is 30.8 Å². The molecule has 1 amide bonds. The van der Waals surface area contributed by atoms with Crippen LogP contribution in [0.1, 0.15) is 24.6 Å². The Hall–Kier alpha value is -1.07. The second kappa shape index (κ2) is 6.20. The number of aryl methyl sites for hydroxylation is 2. The zero-order chi connectivity index (χ0) is 12.4. The Labute approximate surface area is 114 Å². The van der Waals surface area contributed by atoms with Gasteiger partial charge in [-0.3, -0.25) is 9.48 Å². The minimum absolute atomic E-state index is 0. The predicted octanol–water partition coefficient (Wildman–Crippen LogP) is 1.12. The van der Waals surface area contributed by atoms with Gasteiger partial charge in [0.1, 0.15) is 5.82 Å². The Morgan fingerprint density at radius 2 is 2.22 bits per heavy atom. The molecule has 0 spiro atoms. The maximum absolute atomic E-state index is 12.0. The number of halogens is 1. The van der Waals surface area contributed by atoms with E-state index in [1.807, 2.05) is 21.0 Å². The van der Waals surface area contributed by atoms with Crippen molar-refractivity contribution in [1.29, 1.82) is 0 Å². The third-order valence-electron chi connectivity index (χ3n) is 3.27. The molecule has 1 aliphatic rings. The standard InChI is InChI=1S/C12H20N4O.ClH/c1-8(7-13-2)12(17)14-11-9-5-4-6-10(9)15-16(11)3;/h8,13H,4-7H2,1-3H3,(H,14,17);1H. The molecule has 0 saturated heterocycles. The third-order valence-corrected chi connectivity index (χ3v) is 3.27. The summed E-state index contributed by atoms with van der Waals surface area (Å²) in [5.74, 6) is 0.898. The van der Waals surface area contributed by atoms with Crippen LogP contribution in [0.4, 0.5) is 5.82 Å².